The molecule has 1 N–H and O–H groups in total. The number of rotatable bonds is 4. The molecule has 20 heavy (non-hydrogen) atoms. The van der Waals surface area contributed by atoms with Gasteiger partial charge in [-0.15, -0.1) is 0 Å². The molecule has 3 rings (SSSR count). The first-order valence-electron chi connectivity index (χ1n) is 7.39. The molecule has 1 fully saturated rings. The second-order valence-electron chi connectivity index (χ2n) is 5.61. The summed E-state index contributed by atoms with van der Waals surface area (Å²) in [6.07, 6.45) is 2.47. The minimum Gasteiger partial charge on any atom is -0.465 e. The molecule has 0 aromatic heterocycles. The van der Waals surface area contributed by atoms with Crippen molar-refractivity contribution in [2.75, 3.05) is 31.7 Å². The van der Waals surface area contributed by atoms with Crippen LogP contribution in [0.3, 0.4) is 0 Å². The Hall–Kier alpha value is -1.55. The summed E-state index contributed by atoms with van der Waals surface area (Å²) < 4.78 is 10.7. The van der Waals surface area contributed by atoms with Gasteiger partial charge in [-0.3, -0.25) is 4.79 Å². The van der Waals surface area contributed by atoms with Gasteiger partial charge in [-0.25, -0.2) is 0 Å². The van der Waals surface area contributed by atoms with Crippen molar-refractivity contribution in [3.05, 3.63) is 29.8 Å². The van der Waals surface area contributed by atoms with Crippen LogP contribution in [0.25, 0.3) is 0 Å². The monoisotopic (exact) mass is 275 g/mol. The van der Waals surface area contributed by atoms with Gasteiger partial charge in [0, 0.05) is 31.4 Å². The second kappa shape index (κ2) is 6.27. The number of benzene rings is 1. The maximum Gasteiger partial charge on any atom is 0.306 e. The molecule has 1 saturated heterocycles. The number of para-hydroxylation sites is 1. The summed E-state index contributed by atoms with van der Waals surface area (Å²) >= 11 is 0. The van der Waals surface area contributed by atoms with Crippen molar-refractivity contribution in [1.29, 1.82) is 0 Å². The molecule has 0 bridgehead atoms. The quantitative estimate of drug-likeness (QED) is 0.858. The van der Waals surface area contributed by atoms with Crippen molar-refractivity contribution >= 4 is 11.7 Å². The van der Waals surface area contributed by atoms with Gasteiger partial charge in [-0.2, -0.15) is 0 Å². The third-order valence-electron chi connectivity index (χ3n) is 4.17. The molecule has 0 spiro atoms. The van der Waals surface area contributed by atoms with E-state index in [2.05, 4.69) is 17.4 Å². The van der Waals surface area contributed by atoms with E-state index in [0.717, 1.165) is 38.3 Å². The van der Waals surface area contributed by atoms with Crippen LogP contribution in [0.1, 0.15) is 30.7 Å². The molecular weight excluding hydrogens is 254 g/mol. The van der Waals surface area contributed by atoms with E-state index in [9.17, 15) is 4.79 Å². The van der Waals surface area contributed by atoms with Gasteiger partial charge in [0.1, 0.15) is 0 Å². The van der Waals surface area contributed by atoms with Crippen LogP contribution in [-0.2, 0) is 14.3 Å². The second-order valence-corrected chi connectivity index (χ2v) is 5.61. The summed E-state index contributed by atoms with van der Waals surface area (Å²) in [5.74, 6) is 0.634. The van der Waals surface area contributed by atoms with E-state index in [4.69, 9.17) is 9.47 Å². The normalized spacial score (nSPS) is 22.1. The maximum atomic E-state index is 12.0. The molecule has 0 radical (unpaired) electrons. The van der Waals surface area contributed by atoms with E-state index in [1.54, 1.807) is 0 Å². The summed E-state index contributed by atoms with van der Waals surface area (Å²) in [5.41, 5.74) is 2.38. The zero-order valence-corrected chi connectivity index (χ0v) is 11.6. The van der Waals surface area contributed by atoms with Crippen LogP contribution in [-0.4, -0.2) is 32.3 Å². The topological polar surface area (TPSA) is 47.6 Å². The molecule has 0 aliphatic carbocycles. The minimum atomic E-state index is -0.0833. The molecule has 1 aromatic carbocycles. The van der Waals surface area contributed by atoms with Gasteiger partial charge in [0.25, 0.3) is 0 Å². The number of fused-ring (bicyclic) bond motifs is 1. The van der Waals surface area contributed by atoms with Crippen LogP contribution < -0.4 is 5.32 Å². The fourth-order valence-corrected chi connectivity index (χ4v) is 2.92. The fourth-order valence-electron chi connectivity index (χ4n) is 2.92. The standard InChI is InChI=1S/C16H21NO3/c18-16(20-11-12-5-7-19-8-6-12)9-13-10-17-15-4-2-1-3-14(13)15/h1-4,12-13,17H,5-11H2. The van der Waals surface area contributed by atoms with Crippen molar-refractivity contribution in [3.8, 4) is 0 Å². The van der Waals surface area contributed by atoms with E-state index in [1.807, 2.05) is 12.1 Å². The smallest absolute Gasteiger partial charge is 0.306 e. The number of ether oxygens (including phenoxy) is 2. The Morgan fingerprint density at radius 2 is 2.10 bits per heavy atom. The number of esters is 1. The average molecular weight is 275 g/mol. The molecule has 0 amide bonds. The van der Waals surface area contributed by atoms with Crippen molar-refractivity contribution in [2.24, 2.45) is 5.92 Å². The minimum absolute atomic E-state index is 0.0833. The Bertz CT molecular complexity index is 469. The largest absolute Gasteiger partial charge is 0.465 e. The van der Waals surface area contributed by atoms with Crippen LogP contribution in [0.4, 0.5) is 5.69 Å². The fraction of sp³-hybridized carbons (Fsp3) is 0.562. The lowest BCUT2D eigenvalue weighted by molar-refractivity contribution is -0.146. The van der Waals surface area contributed by atoms with Gasteiger partial charge < -0.3 is 14.8 Å². The number of hydrogen-bond donors (Lipinski definition) is 1. The van der Waals surface area contributed by atoms with Crippen molar-refractivity contribution < 1.29 is 14.3 Å². The highest BCUT2D eigenvalue weighted by Crippen LogP contribution is 2.33. The molecule has 1 unspecified atom stereocenters. The van der Waals surface area contributed by atoms with Crippen LogP contribution in [0.15, 0.2) is 24.3 Å². The highest BCUT2D eigenvalue weighted by molar-refractivity contribution is 5.72. The Balaban J connectivity index is 1.47. The predicted octanol–water partition coefficient (Wildman–Crippen LogP) is 2.56. The number of hydrogen-bond acceptors (Lipinski definition) is 4. The number of anilines is 1. The van der Waals surface area contributed by atoms with E-state index < -0.39 is 0 Å². The van der Waals surface area contributed by atoms with E-state index >= 15 is 0 Å². The molecule has 4 nitrogen and oxygen atoms in total. The first-order chi connectivity index (χ1) is 9.83. The summed E-state index contributed by atoms with van der Waals surface area (Å²) in [5, 5.41) is 3.34. The third kappa shape index (κ3) is 3.12. The van der Waals surface area contributed by atoms with Gasteiger partial charge in [0.15, 0.2) is 0 Å². The highest BCUT2D eigenvalue weighted by Gasteiger charge is 2.25. The maximum absolute atomic E-state index is 12.0. The third-order valence-corrected chi connectivity index (χ3v) is 4.17. The molecule has 1 atom stereocenters. The summed E-state index contributed by atoms with van der Waals surface area (Å²) in [7, 11) is 0. The molecule has 108 valence electrons. The lowest BCUT2D eigenvalue weighted by atomic mass is 9.98. The summed E-state index contributed by atoms with van der Waals surface area (Å²) in [4.78, 5) is 12.0. The molecule has 2 aliphatic rings. The lowest BCUT2D eigenvalue weighted by Crippen LogP contribution is -2.22. The summed E-state index contributed by atoms with van der Waals surface area (Å²) in [6.45, 7) is 2.96. The molecule has 0 saturated carbocycles. The van der Waals surface area contributed by atoms with E-state index in [0.29, 0.717) is 18.9 Å². The van der Waals surface area contributed by atoms with E-state index in [1.165, 1.54) is 5.56 Å². The van der Waals surface area contributed by atoms with Gasteiger partial charge in [-0.05, 0) is 30.4 Å². The molecule has 1 aromatic rings. The van der Waals surface area contributed by atoms with Crippen LogP contribution >= 0.6 is 0 Å². The van der Waals surface area contributed by atoms with Gasteiger partial charge in [0.2, 0.25) is 0 Å². The number of nitrogens with one attached hydrogen (secondary N) is 1. The SMILES string of the molecule is O=C(CC1CNc2ccccc21)OCC1CCOCC1. The zero-order chi connectivity index (χ0) is 13.8. The first kappa shape index (κ1) is 13.4. The first-order valence-corrected chi connectivity index (χ1v) is 7.39. The van der Waals surface area contributed by atoms with E-state index in [-0.39, 0.29) is 11.9 Å². The Morgan fingerprint density at radius 1 is 1.30 bits per heavy atom. The molecule has 2 aliphatic heterocycles. The Labute approximate surface area is 119 Å². The van der Waals surface area contributed by atoms with Crippen LogP contribution in [0.5, 0.6) is 0 Å². The van der Waals surface area contributed by atoms with Crippen molar-refractivity contribution in [3.63, 3.8) is 0 Å². The predicted molar refractivity (Wildman–Crippen MR) is 76.8 cm³/mol. The number of carbonyl (C=O) groups excluding carboxylic acids is 1. The van der Waals surface area contributed by atoms with Gasteiger partial charge in [-0.1, -0.05) is 18.2 Å². The zero-order valence-electron chi connectivity index (χ0n) is 11.6. The van der Waals surface area contributed by atoms with Crippen LogP contribution in [0, 0.1) is 5.92 Å². The van der Waals surface area contributed by atoms with Crippen molar-refractivity contribution in [1.82, 2.24) is 0 Å². The number of carbonyl (C=O) groups is 1. The summed E-state index contributed by atoms with van der Waals surface area (Å²) in [6, 6.07) is 8.18. The van der Waals surface area contributed by atoms with Crippen molar-refractivity contribution in [2.45, 2.75) is 25.2 Å². The average Bonchev–Trinajstić information content (AvgIpc) is 2.90. The van der Waals surface area contributed by atoms with Gasteiger partial charge in [0.05, 0.1) is 13.0 Å². The lowest BCUT2D eigenvalue weighted by Gasteiger charge is -2.21. The molecular formula is C16H21NO3. The molecule has 2 heterocycles. The highest BCUT2D eigenvalue weighted by atomic mass is 16.5. The van der Waals surface area contributed by atoms with Gasteiger partial charge >= 0.3 is 5.97 Å². The molecule has 4 heteroatoms. The van der Waals surface area contributed by atoms with Crippen LogP contribution in [0.2, 0.25) is 0 Å². The Morgan fingerprint density at radius 3 is 2.95 bits per heavy atom. The Kier molecular flexibility index (Phi) is 4.21.